The lowest BCUT2D eigenvalue weighted by atomic mass is 10.1. The smallest absolute Gasteiger partial charge is 0.241 e. The Balaban J connectivity index is 1.68. The lowest BCUT2D eigenvalue weighted by Gasteiger charge is -2.13. The third kappa shape index (κ3) is 2.94. The fraction of sp³-hybridized carbons (Fsp3) is 0.533. The Hall–Kier alpha value is -1.59. The van der Waals surface area contributed by atoms with Gasteiger partial charge in [-0.25, -0.2) is 0 Å². The van der Waals surface area contributed by atoms with Gasteiger partial charge in [0.2, 0.25) is 5.91 Å². The molecule has 20 heavy (non-hydrogen) atoms. The summed E-state index contributed by atoms with van der Waals surface area (Å²) in [4.78, 5) is 11.8. The zero-order valence-electron chi connectivity index (χ0n) is 11.4. The van der Waals surface area contributed by atoms with E-state index in [-0.39, 0.29) is 12.0 Å². The van der Waals surface area contributed by atoms with Crippen LogP contribution in [0.3, 0.4) is 0 Å². The van der Waals surface area contributed by atoms with Gasteiger partial charge in [0, 0.05) is 18.4 Å². The van der Waals surface area contributed by atoms with E-state index in [1.807, 2.05) is 18.2 Å². The third-order valence-electron chi connectivity index (χ3n) is 3.86. The van der Waals surface area contributed by atoms with Gasteiger partial charge in [-0.05, 0) is 37.3 Å². The molecule has 0 aromatic heterocycles. The highest BCUT2D eigenvalue weighted by atomic mass is 16.5. The molecule has 1 saturated heterocycles. The van der Waals surface area contributed by atoms with Crippen LogP contribution in [0.5, 0.6) is 5.75 Å². The molecule has 0 radical (unpaired) electrons. The van der Waals surface area contributed by atoms with E-state index in [0.717, 1.165) is 42.9 Å². The first kappa shape index (κ1) is 13.4. The van der Waals surface area contributed by atoms with Gasteiger partial charge in [0.15, 0.2) is 0 Å². The van der Waals surface area contributed by atoms with Crippen LogP contribution in [0, 0.1) is 0 Å². The summed E-state index contributed by atoms with van der Waals surface area (Å²) in [5, 5.41) is 2.87. The van der Waals surface area contributed by atoms with Gasteiger partial charge in [-0.2, -0.15) is 0 Å². The molecule has 1 amide bonds. The van der Waals surface area contributed by atoms with Crippen molar-refractivity contribution in [3.8, 4) is 5.75 Å². The number of amides is 1. The molecule has 2 heterocycles. The van der Waals surface area contributed by atoms with Crippen LogP contribution in [0.25, 0.3) is 0 Å². The Morgan fingerprint density at radius 1 is 1.40 bits per heavy atom. The van der Waals surface area contributed by atoms with Gasteiger partial charge in [-0.3, -0.25) is 4.79 Å². The summed E-state index contributed by atoms with van der Waals surface area (Å²) in [6.07, 6.45) is 3.83. The van der Waals surface area contributed by atoms with E-state index in [4.69, 9.17) is 15.2 Å². The van der Waals surface area contributed by atoms with Crippen molar-refractivity contribution in [2.45, 2.75) is 37.8 Å². The van der Waals surface area contributed by atoms with E-state index in [0.29, 0.717) is 13.0 Å². The van der Waals surface area contributed by atoms with Gasteiger partial charge in [0.25, 0.3) is 0 Å². The number of nitrogens with two attached hydrogens (primary N) is 1. The second-order valence-corrected chi connectivity index (χ2v) is 5.40. The molecular formula is C15H20N2O3. The number of fused-ring (bicyclic) bond motifs is 1. The zero-order chi connectivity index (χ0) is 13.9. The van der Waals surface area contributed by atoms with Gasteiger partial charge in [-0.1, -0.05) is 6.07 Å². The standard InChI is InChI=1S/C15H20N2O3/c16-13-6-4-10-3-5-11(8-14(10)17-15(13)18)20-9-12-2-1-7-19-12/h3,5,8,12-13H,1-2,4,6-7,9,16H2,(H,17,18). The summed E-state index contributed by atoms with van der Waals surface area (Å²) in [6.45, 7) is 1.39. The van der Waals surface area contributed by atoms with Gasteiger partial charge in [0.1, 0.15) is 12.4 Å². The summed E-state index contributed by atoms with van der Waals surface area (Å²) in [5.41, 5.74) is 7.70. The predicted octanol–water partition coefficient (Wildman–Crippen LogP) is 1.46. The van der Waals surface area contributed by atoms with Crippen LogP contribution in [-0.2, 0) is 16.0 Å². The molecule has 0 spiro atoms. The molecule has 1 aromatic carbocycles. The van der Waals surface area contributed by atoms with Gasteiger partial charge >= 0.3 is 0 Å². The minimum absolute atomic E-state index is 0.125. The minimum Gasteiger partial charge on any atom is -0.491 e. The molecule has 2 aliphatic heterocycles. The van der Waals surface area contributed by atoms with Crippen molar-refractivity contribution in [1.82, 2.24) is 0 Å². The number of nitrogens with one attached hydrogen (secondary N) is 1. The van der Waals surface area contributed by atoms with Crippen molar-refractivity contribution in [1.29, 1.82) is 0 Å². The SMILES string of the molecule is NC1CCc2ccc(OCC3CCCO3)cc2NC1=O. The summed E-state index contributed by atoms with van der Waals surface area (Å²) in [5.74, 6) is 0.634. The van der Waals surface area contributed by atoms with Crippen molar-refractivity contribution in [3.05, 3.63) is 23.8 Å². The van der Waals surface area contributed by atoms with E-state index >= 15 is 0 Å². The predicted molar refractivity (Wildman–Crippen MR) is 75.8 cm³/mol. The third-order valence-corrected chi connectivity index (χ3v) is 3.86. The van der Waals surface area contributed by atoms with E-state index in [2.05, 4.69) is 5.32 Å². The molecule has 3 N–H and O–H groups in total. The highest BCUT2D eigenvalue weighted by molar-refractivity contribution is 5.96. The van der Waals surface area contributed by atoms with E-state index in [1.165, 1.54) is 0 Å². The normalized spacial score (nSPS) is 25.8. The maximum Gasteiger partial charge on any atom is 0.241 e. The van der Waals surface area contributed by atoms with Gasteiger partial charge < -0.3 is 20.5 Å². The maximum absolute atomic E-state index is 11.8. The largest absolute Gasteiger partial charge is 0.491 e. The number of carbonyl (C=O) groups is 1. The van der Waals surface area contributed by atoms with E-state index < -0.39 is 6.04 Å². The number of benzene rings is 1. The number of hydrogen-bond donors (Lipinski definition) is 2. The fourth-order valence-corrected chi connectivity index (χ4v) is 2.61. The Morgan fingerprint density at radius 3 is 3.10 bits per heavy atom. The molecular weight excluding hydrogens is 256 g/mol. The van der Waals surface area contributed by atoms with Crippen LogP contribution in [-0.4, -0.2) is 31.3 Å². The quantitative estimate of drug-likeness (QED) is 0.876. The van der Waals surface area contributed by atoms with Crippen LogP contribution < -0.4 is 15.8 Å². The number of aryl methyl sites for hydroxylation is 1. The first-order valence-corrected chi connectivity index (χ1v) is 7.16. The molecule has 3 rings (SSSR count). The molecule has 1 aromatic rings. The lowest BCUT2D eigenvalue weighted by molar-refractivity contribution is -0.117. The summed E-state index contributed by atoms with van der Waals surface area (Å²) in [7, 11) is 0. The van der Waals surface area contributed by atoms with Crippen molar-refractivity contribution in [3.63, 3.8) is 0 Å². The topological polar surface area (TPSA) is 73.6 Å². The Labute approximate surface area is 118 Å². The average molecular weight is 276 g/mol. The molecule has 5 heteroatoms. The molecule has 2 unspecified atom stereocenters. The van der Waals surface area contributed by atoms with Crippen molar-refractivity contribution in [2.75, 3.05) is 18.5 Å². The van der Waals surface area contributed by atoms with Crippen LogP contribution in [0.2, 0.25) is 0 Å². The Morgan fingerprint density at radius 2 is 2.30 bits per heavy atom. The number of anilines is 1. The van der Waals surface area contributed by atoms with Crippen molar-refractivity contribution in [2.24, 2.45) is 5.73 Å². The van der Waals surface area contributed by atoms with Gasteiger partial charge in [-0.15, -0.1) is 0 Å². The van der Waals surface area contributed by atoms with Crippen LogP contribution >= 0.6 is 0 Å². The minimum atomic E-state index is -0.432. The first-order valence-electron chi connectivity index (χ1n) is 7.16. The molecule has 1 fully saturated rings. The molecule has 0 aliphatic carbocycles. The zero-order valence-corrected chi connectivity index (χ0v) is 11.4. The second kappa shape index (κ2) is 5.81. The molecule has 2 aliphatic rings. The van der Waals surface area contributed by atoms with E-state index in [1.54, 1.807) is 0 Å². The second-order valence-electron chi connectivity index (χ2n) is 5.40. The van der Waals surface area contributed by atoms with Crippen molar-refractivity contribution >= 4 is 11.6 Å². The highest BCUT2D eigenvalue weighted by Crippen LogP contribution is 2.27. The fourth-order valence-electron chi connectivity index (χ4n) is 2.61. The number of hydrogen-bond acceptors (Lipinski definition) is 4. The van der Waals surface area contributed by atoms with Crippen LogP contribution in [0.1, 0.15) is 24.8 Å². The lowest BCUT2D eigenvalue weighted by Crippen LogP contribution is -2.34. The number of ether oxygens (including phenoxy) is 2. The van der Waals surface area contributed by atoms with E-state index in [9.17, 15) is 4.79 Å². The molecule has 0 bridgehead atoms. The van der Waals surface area contributed by atoms with Crippen molar-refractivity contribution < 1.29 is 14.3 Å². The summed E-state index contributed by atoms with van der Waals surface area (Å²) >= 11 is 0. The molecule has 5 nitrogen and oxygen atoms in total. The number of rotatable bonds is 3. The molecule has 2 atom stereocenters. The summed E-state index contributed by atoms with van der Waals surface area (Å²) in [6, 6.07) is 5.38. The first-order chi connectivity index (χ1) is 9.72. The monoisotopic (exact) mass is 276 g/mol. The number of carbonyl (C=O) groups excluding carboxylic acids is 1. The van der Waals surface area contributed by atoms with Gasteiger partial charge in [0.05, 0.1) is 12.1 Å². The average Bonchev–Trinajstić information content (AvgIpc) is 2.92. The maximum atomic E-state index is 11.8. The Kier molecular flexibility index (Phi) is 3.89. The summed E-state index contributed by atoms with van der Waals surface area (Å²) < 4.78 is 11.3. The van der Waals surface area contributed by atoms with Crippen LogP contribution in [0.15, 0.2) is 18.2 Å². The molecule has 0 saturated carbocycles. The highest BCUT2D eigenvalue weighted by Gasteiger charge is 2.21. The molecule has 108 valence electrons. The van der Waals surface area contributed by atoms with Crippen LogP contribution in [0.4, 0.5) is 5.69 Å². The Bertz CT molecular complexity index is 498.